The van der Waals surface area contributed by atoms with E-state index in [0.29, 0.717) is 6.42 Å². The average Bonchev–Trinajstić information content (AvgIpc) is 2.47. The second-order valence-electron chi connectivity index (χ2n) is 3.45. The highest BCUT2D eigenvalue weighted by Gasteiger charge is 2.08. The molecule has 0 fully saturated rings. The van der Waals surface area contributed by atoms with E-state index in [0.717, 1.165) is 21.0 Å². The van der Waals surface area contributed by atoms with Crippen LogP contribution in [0, 0.1) is 0 Å². The Bertz CT molecular complexity index is 445. The lowest BCUT2D eigenvalue weighted by atomic mass is 10.1. The number of halogens is 1. The molecule has 0 spiro atoms. The van der Waals surface area contributed by atoms with Crippen LogP contribution >= 0.6 is 15.9 Å². The standard InChI is InChI=1S/C11H11BrO2/c1-7(13)4-8-6-14-11-5-9(12)2-3-10(8)11/h2-3,5-7,13H,4H2,1H3. The zero-order valence-electron chi connectivity index (χ0n) is 7.83. The molecule has 1 aromatic carbocycles. The Morgan fingerprint density at radius 3 is 3.00 bits per heavy atom. The first-order chi connectivity index (χ1) is 6.66. The van der Waals surface area contributed by atoms with Gasteiger partial charge in [0.1, 0.15) is 5.58 Å². The minimum atomic E-state index is -0.334. The third kappa shape index (κ3) is 1.83. The van der Waals surface area contributed by atoms with Gasteiger partial charge in [-0.25, -0.2) is 0 Å². The Labute approximate surface area is 90.7 Å². The number of aliphatic hydroxyl groups is 1. The van der Waals surface area contributed by atoms with E-state index in [1.54, 1.807) is 13.2 Å². The summed E-state index contributed by atoms with van der Waals surface area (Å²) in [6, 6.07) is 5.91. The highest BCUT2D eigenvalue weighted by atomic mass is 79.9. The van der Waals surface area contributed by atoms with Gasteiger partial charge in [0.2, 0.25) is 0 Å². The van der Waals surface area contributed by atoms with Crippen LogP contribution in [0.4, 0.5) is 0 Å². The smallest absolute Gasteiger partial charge is 0.135 e. The Balaban J connectivity index is 2.47. The third-order valence-corrected chi connectivity index (χ3v) is 2.63. The van der Waals surface area contributed by atoms with Crippen LogP contribution in [0.5, 0.6) is 0 Å². The van der Waals surface area contributed by atoms with Crippen molar-refractivity contribution in [3.63, 3.8) is 0 Å². The van der Waals surface area contributed by atoms with E-state index in [-0.39, 0.29) is 6.10 Å². The van der Waals surface area contributed by atoms with Gasteiger partial charge in [0.15, 0.2) is 0 Å². The molecule has 3 heteroatoms. The highest BCUT2D eigenvalue weighted by Crippen LogP contribution is 2.25. The molecule has 0 aliphatic heterocycles. The van der Waals surface area contributed by atoms with Gasteiger partial charge in [-0.3, -0.25) is 0 Å². The SMILES string of the molecule is CC(O)Cc1coc2cc(Br)ccc12. The lowest BCUT2D eigenvalue weighted by Gasteiger charge is -2.00. The quantitative estimate of drug-likeness (QED) is 0.894. The third-order valence-electron chi connectivity index (χ3n) is 2.13. The summed E-state index contributed by atoms with van der Waals surface area (Å²) in [4.78, 5) is 0. The summed E-state index contributed by atoms with van der Waals surface area (Å²) in [5, 5.41) is 10.4. The van der Waals surface area contributed by atoms with E-state index in [1.807, 2.05) is 18.2 Å². The molecule has 1 unspecified atom stereocenters. The van der Waals surface area contributed by atoms with Crippen molar-refractivity contribution in [1.82, 2.24) is 0 Å². The number of hydrogen-bond donors (Lipinski definition) is 1. The van der Waals surface area contributed by atoms with Crippen LogP contribution in [0.1, 0.15) is 12.5 Å². The second kappa shape index (κ2) is 3.75. The topological polar surface area (TPSA) is 33.4 Å². The van der Waals surface area contributed by atoms with Gasteiger partial charge in [0.05, 0.1) is 12.4 Å². The molecule has 1 aromatic heterocycles. The zero-order chi connectivity index (χ0) is 10.1. The molecular formula is C11H11BrO2. The summed E-state index contributed by atoms with van der Waals surface area (Å²) >= 11 is 3.38. The molecule has 1 N–H and O–H groups in total. The van der Waals surface area contributed by atoms with Crippen molar-refractivity contribution in [1.29, 1.82) is 0 Å². The van der Waals surface area contributed by atoms with E-state index >= 15 is 0 Å². The van der Waals surface area contributed by atoms with E-state index in [2.05, 4.69) is 15.9 Å². The molecule has 0 saturated carbocycles. The number of hydrogen-bond acceptors (Lipinski definition) is 2. The van der Waals surface area contributed by atoms with Crippen LogP contribution in [-0.4, -0.2) is 11.2 Å². The van der Waals surface area contributed by atoms with Crippen molar-refractivity contribution in [3.8, 4) is 0 Å². The molecule has 0 saturated heterocycles. The zero-order valence-corrected chi connectivity index (χ0v) is 9.41. The van der Waals surface area contributed by atoms with Crippen molar-refractivity contribution >= 4 is 26.9 Å². The van der Waals surface area contributed by atoms with Crippen molar-refractivity contribution in [2.75, 3.05) is 0 Å². The number of aliphatic hydroxyl groups excluding tert-OH is 1. The molecule has 0 amide bonds. The van der Waals surface area contributed by atoms with Gasteiger partial charge < -0.3 is 9.52 Å². The fraction of sp³-hybridized carbons (Fsp3) is 0.273. The van der Waals surface area contributed by atoms with Gasteiger partial charge in [-0.2, -0.15) is 0 Å². The van der Waals surface area contributed by atoms with Gasteiger partial charge in [-0.15, -0.1) is 0 Å². The van der Waals surface area contributed by atoms with E-state index < -0.39 is 0 Å². The molecule has 1 heterocycles. The minimum Gasteiger partial charge on any atom is -0.464 e. The van der Waals surface area contributed by atoms with Gasteiger partial charge >= 0.3 is 0 Å². The average molecular weight is 255 g/mol. The summed E-state index contributed by atoms with van der Waals surface area (Å²) in [5.74, 6) is 0. The maximum Gasteiger partial charge on any atom is 0.135 e. The van der Waals surface area contributed by atoms with E-state index in [9.17, 15) is 5.11 Å². The monoisotopic (exact) mass is 254 g/mol. The molecule has 74 valence electrons. The first-order valence-electron chi connectivity index (χ1n) is 4.50. The molecule has 1 atom stereocenters. The molecule has 0 aliphatic carbocycles. The van der Waals surface area contributed by atoms with Gasteiger partial charge in [0.25, 0.3) is 0 Å². The molecule has 2 nitrogen and oxygen atoms in total. The fourth-order valence-electron chi connectivity index (χ4n) is 1.53. The van der Waals surface area contributed by atoms with Gasteiger partial charge in [0, 0.05) is 21.8 Å². The maximum atomic E-state index is 9.29. The number of rotatable bonds is 2. The van der Waals surface area contributed by atoms with Crippen LogP contribution in [0.15, 0.2) is 33.4 Å². The predicted molar refractivity (Wildman–Crippen MR) is 59.3 cm³/mol. The van der Waals surface area contributed by atoms with Gasteiger partial charge in [-0.05, 0) is 25.1 Å². The van der Waals surface area contributed by atoms with Crippen LogP contribution in [0.25, 0.3) is 11.0 Å². The predicted octanol–water partition coefficient (Wildman–Crippen LogP) is 3.12. The summed E-state index contributed by atoms with van der Waals surface area (Å²) < 4.78 is 6.39. The van der Waals surface area contributed by atoms with Crippen LogP contribution < -0.4 is 0 Å². The molecule has 14 heavy (non-hydrogen) atoms. The Kier molecular flexibility index (Phi) is 2.61. The number of benzene rings is 1. The molecule has 2 aromatic rings. The largest absolute Gasteiger partial charge is 0.464 e. The summed E-state index contributed by atoms with van der Waals surface area (Å²) in [6.07, 6.45) is 2.01. The molecule has 0 radical (unpaired) electrons. The van der Waals surface area contributed by atoms with Gasteiger partial charge in [-0.1, -0.05) is 15.9 Å². The second-order valence-corrected chi connectivity index (χ2v) is 4.37. The fourth-order valence-corrected chi connectivity index (χ4v) is 1.87. The lowest BCUT2D eigenvalue weighted by molar-refractivity contribution is 0.195. The van der Waals surface area contributed by atoms with E-state index in [4.69, 9.17) is 4.42 Å². The van der Waals surface area contributed by atoms with Crippen molar-refractivity contribution < 1.29 is 9.52 Å². The summed E-state index contributed by atoms with van der Waals surface area (Å²) in [5.41, 5.74) is 1.91. The summed E-state index contributed by atoms with van der Waals surface area (Å²) in [6.45, 7) is 1.78. The van der Waals surface area contributed by atoms with Crippen LogP contribution in [0.3, 0.4) is 0 Å². The normalized spacial score (nSPS) is 13.4. The molecule has 0 aliphatic rings. The Hall–Kier alpha value is -0.800. The molecular weight excluding hydrogens is 244 g/mol. The number of fused-ring (bicyclic) bond motifs is 1. The van der Waals surface area contributed by atoms with E-state index in [1.165, 1.54) is 0 Å². The minimum absolute atomic E-state index is 0.334. The highest BCUT2D eigenvalue weighted by molar-refractivity contribution is 9.10. The van der Waals surface area contributed by atoms with Crippen LogP contribution in [0.2, 0.25) is 0 Å². The van der Waals surface area contributed by atoms with Crippen molar-refractivity contribution in [3.05, 3.63) is 34.5 Å². The Morgan fingerprint density at radius 2 is 2.29 bits per heavy atom. The molecule has 2 rings (SSSR count). The number of furan rings is 1. The van der Waals surface area contributed by atoms with Crippen molar-refractivity contribution in [2.24, 2.45) is 0 Å². The Morgan fingerprint density at radius 1 is 1.50 bits per heavy atom. The first kappa shape index (κ1) is 9.74. The molecule has 0 bridgehead atoms. The maximum absolute atomic E-state index is 9.29. The van der Waals surface area contributed by atoms with Crippen LogP contribution in [-0.2, 0) is 6.42 Å². The lowest BCUT2D eigenvalue weighted by Crippen LogP contribution is -2.03. The first-order valence-corrected chi connectivity index (χ1v) is 5.30. The summed E-state index contributed by atoms with van der Waals surface area (Å²) in [7, 11) is 0. The van der Waals surface area contributed by atoms with Crippen molar-refractivity contribution in [2.45, 2.75) is 19.4 Å².